The Labute approximate surface area is 131 Å². The smallest absolute Gasteiger partial charge is 0.249 e. The van der Waals surface area contributed by atoms with Crippen LogP contribution in [0.1, 0.15) is 32.4 Å². The van der Waals surface area contributed by atoms with Crippen LogP contribution in [0.25, 0.3) is 0 Å². The molecule has 1 N–H and O–H groups in total. The fraction of sp³-hybridized carbons (Fsp3) is 0.688. The van der Waals surface area contributed by atoms with Crippen molar-refractivity contribution in [2.75, 3.05) is 18.0 Å². The van der Waals surface area contributed by atoms with E-state index >= 15 is 0 Å². The molecule has 0 spiro atoms. The number of aromatic nitrogens is 2. The van der Waals surface area contributed by atoms with Crippen LogP contribution in [0.5, 0.6) is 0 Å². The molecule has 22 heavy (non-hydrogen) atoms. The first-order valence-corrected chi connectivity index (χ1v) is 8.04. The lowest BCUT2D eigenvalue weighted by Crippen LogP contribution is -2.43. The molecule has 1 aromatic heterocycles. The van der Waals surface area contributed by atoms with Gasteiger partial charge in [0.15, 0.2) is 5.82 Å². The Kier molecular flexibility index (Phi) is 4.29. The standard InChI is InChI=1S/C16H24N4O2/c1-10(2)17-16(21)13-8-12-6-7-20(9-14(12)22-13)15-5-4-11(3)18-19-15/h4-5,10,12-14H,6-9H2,1-3H3,(H,17,21)/t12-,13-,14-/m0/s1. The van der Waals surface area contributed by atoms with Gasteiger partial charge in [-0.2, -0.15) is 5.10 Å². The highest BCUT2D eigenvalue weighted by Crippen LogP contribution is 2.34. The third-order valence-electron chi connectivity index (χ3n) is 4.38. The number of ether oxygens (including phenoxy) is 1. The molecule has 120 valence electrons. The average Bonchev–Trinajstić information content (AvgIpc) is 2.90. The zero-order valence-corrected chi connectivity index (χ0v) is 13.5. The largest absolute Gasteiger partial charge is 0.363 e. The van der Waals surface area contributed by atoms with Gasteiger partial charge in [-0.25, -0.2) is 0 Å². The van der Waals surface area contributed by atoms with Gasteiger partial charge >= 0.3 is 0 Å². The minimum absolute atomic E-state index is 0.0195. The number of nitrogens with one attached hydrogen (secondary N) is 1. The Hall–Kier alpha value is -1.69. The predicted molar refractivity (Wildman–Crippen MR) is 83.6 cm³/mol. The number of hydrogen-bond donors (Lipinski definition) is 1. The van der Waals surface area contributed by atoms with E-state index in [1.165, 1.54) is 0 Å². The van der Waals surface area contributed by atoms with Crippen molar-refractivity contribution in [2.24, 2.45) is 5.92 Å². The molecule has 3 heterocycles. The topological polar surface area (TPSA) is 67.4 Å². The Morgan fingerprint density at radius 2 is 2.23 bits per heavy atom. The van der Waals surface area contributed by atoms with Crippen molar-refractivity contribution in [3.63, 3.8) is 0 Å². The summed E-state index contributed by atoms with van der Waals surface area (Å²) < 4.78 is 6.00. The maximum absolute atomic E-state index is 12.1. The molecule has 0 unspecified atom stereocenters. The van der Waals surface area contributed by atoms with E-state index in [0.29, 0.717) is 5.92 Å². The summed E-state index contributed by atoms with van der Waals surface area (Å²) in [4.78, 5) is 14.3. The van der Waals surface area contributed by atoms with Gasteiger partial charge in [0.2, 0.25) is 5.91 Å². The second-order valence-electron chi connectivity index (χ2n) is 6.59. The van der Waals surface area contributed by atoms with E-state index in [-0.39, 0.29) is 24.2 Å². The first-order chi connectivity index (χ1) is 10.5. The van der Waals surface area contributed by atoms with Crippen LogP contribution in [0.4, 0.5) is 5.82 Å². The van der Waals surface area contributed by atoms with Crippen LogP contribution in [-0.4, -0.2) is 47.4 Å². The van der Waals surface area contributed by atoms with E-state index in [9.17, 15) is 4.79 Å². The van der Waals surface area contributed by atoms with Gasteiger partial charge in [-0.1, -0.05) is 0 Å². The van der Waals surface area contributed by atoms with Gasteiger partial charge in [-0.15, -0.1) is 5.10 Å². The first kappa shape index (κ1) is 15.2. The number of fused-ring (bicyclic) bond motifs is 1. The molecular weight excluding hydrogens is 280 g/mol. The van der Waals surface area contributed by atoms with Gasteiger partial charge in [-0.3, -0.25) is 4.79 Å². The summed E-state index contributed by atoms with van der Waals surface area (Å²) in [5.41, 5.74) is 0.918. The number of carbonyl (C=O) groups excluding carboxylic acids is 1. The summed E-state index contributed by atoms with van der Waals surface area (Å²) in [7, 11) is 0. The Morgan fingerprint density at radius 3 is 2.91 bits per heavy atom. The van der Waals surface area contributed by atoms with E-state index in [0.717, 1.165) is 37.4 Å². The average molecular weight is 304 g/mol. The molecule has 1 aromatic rings. The van der Waals surface area contributed by atoms with Crippen molar-refractivity contribution in [1.82, 2.24) is 15.5 Å². The van der Waals surface area contributed by atoms with E-state index in [2.05, 4.69) is 20.4 Å². The fourth-order valence-corrected chi connectivity index (χ4v) is 3.25. The van der Waals surface area contributed by atoms with Gasteiger partial charge in [0, 0.05) is 19.1 Å². The zero-order valence-electron chi connectivity index (χ0n) is 13.5. The molecule has 2 fully saturated rings. The highest BCUT2D eigenvalue weighted by Gasteiger charge is 2.42. The number of aryl methyl sites for hydroxylation is 1. The lowest BCUT2D eigenvalue weighted by molar-refractivity contribution is -0.132. The number of rotatable bonds is 3. The fourth-order valence-electron chi connectivity index (χ4n) is 3.25. The second kappa shape index (κ2) is 6.20. The number of anilines is 1. The molecule has 2 aliphatic heterocycles. The summed E-state index contributed by atoms with van der Waals surface area (Å²) in [6.45, 7) is 7.60. The molecule has 0 saturated carbocycles. The zero-order chi connectivity index (χ0) is 15.7. The third-order valence-corrected chi connectivity index (χ3v) is 4.38. The van der Waals surface area contributed by atoms with E-state index in [1.54, 1.807) is 0 Å². The normalized spacial score (nSPS) is 27.8. The van der Waals surface area contributed by atoms with Crippen LogP contribution < -0.4 is 10.2 Å². The third kappa shape index (κ3) is 3.21. The lowest BCUT2D eigenvalue weighted by atomic mass is 9.91. The van der Waals surface area contributed by atoms with Crippen LogP contribution in [0.2, 0.25) is 0 Å². The minimum atomic E-state index is -0.304. The van der Waals surface area contributed by atoms with Crippen LogP contribution in [0.15, 0.2) is 12.1 Å². The quantitative estimate of drug-likeness (QED) is 0.911. The van der Waals surface area contributed by atoms with Crippen molar-refractivity contribution in [3.05, 3.63) is 17.8 Å². The summed E-state index contributed by atoms with van der Waals surface area (Å²) in [6, 6.07) is 4.13. The van der Waals surface area contributed by atoms with Crippen LogP contribution >= 0.6 is 0 Å². The molecule has 2 saturated heterocycles. The minimum Gasteiger partial charge on any atom is -0.363 e. The van der Waals surface area contributed by atoms with Gasteiger partial charge < -0.3 is 15.0 Å². The molecule has 3 atom stereocenters. The number of hydrogen-bond acceptors (Lipinski definition) is 5. The number of piperidine rings is 1. The summed E-state index contributed by atoms with van der Waals surface area (Å²) >= 11 is 0. The molecule has 0 radical (unpaired) electrons. The summed E-state index contributed by atoms with van der Waals surface area (Å²) in [5.74, 6) is 1.38. The van der Waals surface area contributed by atoms with E-state index < -0.39 is 0 Å². The molecule has 0 bridgehead atoms. The number of amides is 1. The molecule has 6 nitrogen and oxygen atoms in total. The van der Waals surface area contributed by atoms with Crippen LogP contribution in [0, 0.1) is 12.8 Å². The Morgan fingerprint density at radius 1 is 1.41 bits per heavy atom. The van der Waals surface area contributed by atoms with Gasteiger partial charge in [0.1, 0.15) is 6.10 Å². The summed E-state index contributed by atoms with van der Waals surface area (Å²) in [6.07, 6.45) is 1.67. The van der Waals surface area contributed by atoms with Crippen molar-refractivity contribution in [3.8, 4) is 0 Å². The lowest BCUT2D eigenvalue weighted by Gasteiger charge is -2.34. The van der Waals surface area contributed by atoms with E-state index in [4.69, 9.17) is 4.74 Å². The highest BCUT2D eigenvalue weighted by atomic mass is 16.5. The molecule has 6 heteroatoms. The SMILES string of the molecule is Cc1ccc(N2CC[C@H]3C[C@@H](C(=O)NC(C)C)O[C@H]3C2)nn1. The van der Waals surface area contributed by atoms with E-state index in [1.807, 2.05) is 32.9 Å². The second-order valence-corrected chi connectivity index (χ2v) is 6.59. The maximum Gasteiger partial charge on any atom is 0.249 e. The van der Waals surface area contributed by atoms with Crippen molar-refractivity contribution >= 4 is 11.7 Å². The molecular formula is C16H24N4O2. The Bertz CT molecular complexity index is 531. The predicted octanol–water partition coefficient (Wildman–Crippen LogP) is 1.29. The highest BCUT2D eigenvalue weighted by molar-refractivity contribution is 5.81. The first-order valence-electron chi connectivity index (χ1n) is 8.04. The van der Waals surface area contributed by atoms with Crippen molar-refractivity contribution in [1.29, 1.82) is 0 Å². The number of carbonyl (C=O) groups is 1. The van der Waals surface area contributed by atoms with Crippen LogP contribution in [-0.2, 0) is 9.53 Å². The van der Waals surface area contributed by atoms with Gasteiger partial charge in [-0.05, 0) is 51.7 Å². The summed E-state index contributed by atoms with van der Waals surface area (Å²) in [5, 5.41) is 11.3. The monoisotopic (exact) mass is 304 g/mol. The van der Waals surface area contributed by atoms with Crippen molar-refractivity contribution < 1.29 is 9.53 Å². The van der Waals surface area contributed by atoms with Gasteiger partial charge in [0.25, 0.3) is 0 Å². The molecule has 1 amide bonds. The number of nitrogens with zero attached hydrogens (tertiary/aromatic N) is 3. The molecule has 0 aromatic carbocycles. The molecule has 3 rings (SSSR count). The van der Waals surface area contributed by atoms with Gasteiger partial charge in [0.05, 0.1) is 11.8 Å². The molecule has 2 aliphatic rings. The molecule has 0 aliphatic carbocycles. The van der Waals surface area contributed by atoms with Crippen molar-refractivity contribution in [2.45, 2.75) is 51.9 Å². The maximum atomic E-state index is 12.1. The Balaban J connectivity index is 1.62. The van der Waals surface area contributed by atoms with Crippen LogP contribution in [0.3, 0.4) is 0 Å².